The Balaban J connectivity index is 0.000000253. The van der Waals surface area contributed by atoms with Crippen LogP contribution in [-0.4, -0.2) is 0 Å². The molecule has 0 fully saturated rings. The van der Waals surface area contributed by atoms with Crippen molar-refractivity contribution in [3.05, 3.63) is 108 Å². The van der Waals surface area contributed by atoms with Crippen LogP contribution in [0.4, 0.5) is 0 Å². The van der Waals surface area contributed by atoms with E-state index in [0.29, 0.717) is 0 Å². The van der Waals surface area contributed by atoms with Crippen molar-refractivity contribution < 1.29 is 17.1 Å². The average Bonchev–Trinajstić information content (AvgIpc) is 3.24. The Morgan fingerprint density at radius 1 is 0.727 bits per heavy atom. The largest absolute Gasteiger partial charge is 2.00 e. The van der Waals surface area contributed by atoms with Crippen molar-refractivity contribution in [2.45, 2.75) is 6.42 Å². The second-order valence-electron chi connectivity index (χ2n) is 5.07. The first-order chi connectivity index (χ1) is 10.4. The minimum Gasteiger partial charge on any atom is -0.214 e. The fourth-order valence-electron chi connectivity index (χ4n) is 2.52. The zero-order chi connectivity index (χ0) is 14.3. The Bertz CT molecular complexity index is 742. The molecule has 4 aromatic carbocycles. The molecule has 0 aliphatic carbocycles. The van der Waals surface area contributed by atoms with Gasteiger partial charge in [-0.2, -0.15) is 35.9 Å². The van der Waals surface area contributed by atoms with Gasteiger partial charge in [-0.1, -0.05) is 42.5 Å². The van der Waals surface area contributed by atoms with Crippen molar-refractivity contribution in [1.82, 2.24) is 0 Å². The molecule has 0 atom stereocenters. The molecule has 4 rings (SSSR count). The molecule has 0 bridgehead atoms. The van der Waals surface area contributed by atoms with Gasteiger partial charge < -0.3 is 0 Å². The third kappa shape index (κ3) is 4.21. The van der Waals surface area contributed by atoms with E-state index in [0.717, 1.165) is 6.42 Å². The third-order valence-corrected chi connectivity index (χ3v) is 3.56. The molecule has 0 aliphatic heterocycles. The topological polar surface area (TPSA) is 0 Å². The van der Waals surface area contributed by atoms with Crippen molar-refractivity contribution in [3.8, 4) is 0 Å². The van der Waals surface area contributed by atoms with Gasteiger partial charge in [0.15, 0.2) is 0 Å². The second kappa shape index (κ2) is 8.38. The van der Waals surface area contributed by atoms with Crippen molar-refractivity contribution in [2.75, 3.05) is 0 Å². The van der Waals surface area contributed by atoms with Gasteiger partial charge in [0.25, 0.3) is 0 Å². The molecule has 0 aromatic heterocycles. The van der Waals surface area contributed by atoms with Gasteiger partial charge in [-0.3, -0.25) is 0 Å². The van der Waals surface area contributed by atoms with Crippen LogP contribution >= 0.6 is 0 Å². The van der Waals surface area contributed by atoms with E-state index in [4.69, 9.17) is 0 Å². The van der Waals surface area contributed by atoms with Crippen LogP contribution in [-0.2, 0) is 23.5 Å². The van der Waals surface area contributed by atoms with E-state index in [1.54, 1.807) is 0 Å². The minimum absolute atomic E-state index is 0. The Labute approximate surface area is 142 Å². The first kappa shape index (κ1) is 16.3. The normalized spacial score (nSPS) is 9.64. The molecule has 0 heterocycles. The van der Waals surface area contributed by atoms with Gasteiger partial charge in [-0.15, -0.1) is 0 Å². The van der Waals surface area contributed by atoms with Crippen LogP contribution in [0.5, 0.6) is 0 Å². The maximum Gasteiger partial charge on any atom is 2.00 e. The molecule has 0 aliphatic rings. The quantitative estimate of drug-likeness (QED) is 0.334. The molecular formula is C21H18Fe. The van der Waals surface area contributed by atoms with E-state index < -0.39 is 0 Å². The second-order valence-corrected chi connectivity index (χ2v) is 5.07. The van der Waals surface area contributed by atoms with Gasteiger partial charge >= 0.3 is 17.1 Å². The molecule has 1 heteroatoms. The van der Waals surface area contributed by atoms with Crippen LogP contribution in [0.3, 0.4) is 0 Å². The minimum atomic E-state index is 0. The van der Waals surface area contributed by atoms with Crippen molar-refractivity contribution in [2.24, 2.45) is 0 Å². The summed E-state index contributed by atoms with van der Waals surface area (Å²) in [4.78, 5) is 0. The predicted molar refractivity (Wildman–Crippen MR) is 90.8 cm³/mol. The third-order valence-electron chi connectivity index (χ3n) is 3.56. The molecule has 0 radical (unpaired) electrons. The Morgan fingerprint density at radius 2 is 1.41 bits per heavy atom. The van der Waals surface area contributed by atoms with Crippen LogP contribution in [0.25, 0.3) is 10.8 Å². The average molecular weight is 326 g/mol. The molecule has 0 unspecified atom stereocenters. The molecule has 110 valence electrons. The van der Waals surface area contributed by atoms with E-state index in [1.165, 1.54) is 21.9 Å². The number of fused-ring (bicyclic) bond motifs is 1. The van der Waals surface area contributed by atoms with Crippen molar-refractivity contribution in [1.29, 1.82) is 0 Å². The summed E-state index contributed by atoms with van der Waals surface area (Å²) in [5.74, 6) is 0. The molecule has 0 nitrogen and oxygen atoms in total. The van der Waals surface area contributed by atoms with Gasteiger partial charge in [-0.05, 0) is 22.8 Å². The molecule has 0 amide bonds. The van der Waals surface area contributed by atoms with Crippen LogP contribution in [0.15, 0.2) is 97.1 Å². The van der Waals surface area contributed by atoms with Gasteiger partial charge in [0.2, 0.25) is 0 Å². The first-order valence-corrected chi connectivity index (χ1v) is 7.27. The Morgan fingerprint density at radius 3 is 2.09 bits per heavy atom. The summed E-state index contributed by atoms with van der Waals surface area (Å²) in [6, 6.07) is 33.7. The molecule has 4 aromatic rings. The maximum atomic E-state index is 2.22. The molecule has 0 saturated heterocycles. The number of benzene rings is 2. The van der Waals surface area contributed by atoms with Crippen molar-refractivity contribution >= 4 is 10.8 Å². The Kier molecular flexibility index (Phi) is 6.21. The monoisotopic (exact) mass is 326 g/mol. The van der Waals surface area contributed by atoms with Crippen molar-refractivity contribution in [3.63, 3.8) is 0 Å². The van der Waals surface area contributed by atoms with E-state index in [1.807, 2.05) is 30.3 Å². The smallest absolute Gasteiger partial charge is 0.214 e. The van der Waals surface area contributed by atoms with E-state index in [2.05, 4.69) is 66.7 Å². The van der Waals surface area contributed by atoms with Gasteiger partial charge in [0, 0.05) is 0 Å². The number of hydrogen-bond donors (Lipinski definition) is 0. The zero-order valence-electron chi connectivity index (χ0n) is 12.3. The SMILES string of the molecule is [Fe+2].c1cc[cH-]c1.c1ccc2c(C[c-]3cccc3)cccc2c1. The van der Waals surface area contributed by atoms with E-state index >= 15 is 0 Å². The van der Waals surface area contributed by atoms with Gasteiger partial charge in [0.05, 0.1) is 0 Å². The van der Waals surface area contributed by atoms with E-state index in [-0.39, 0.29) is 17.1 Å². The maximum absolute atomic E-state index is 2.22. The van der Waals surface area contributed by atoms with E-state index in [9.17, 15) is 0 Å². The summed E-state index contributed by atoms with van der Waals surface area (Å²) in [5.41, 5.74) is 2.79. The summed E-state index contributed by atoms with van der Waals surface area (Å²) in [6.45, 7) is 0. The van der Waals surface area contributed by atoms with Crippen LogP contribution in [0, 0.1) is 0 Å². The van der Waals surface area contributed by atoms with Crippen LogP contribution in [0.2, 0.25) is 0 Å². The van der Waals surface area contributed by atoms with Gasteiger partial charge in [0.1, 0.15) is 0 Å². The number of rotatable bonds is 2. The molecule has 0 N–H and O–H groups in total. The fraction of sp³-hybridized carbons (Fsp3) is 0.0476. The summed E-state index contributed by atoms with van der Waals surface area (Å²) in [7, 11) is 0. The molecule has 0 spiro atoms. The van der Waals surface area contributed by atoms with Crippen LogP contribution < -0.4 is 0 Å². The van der Waals surface area contributed by atoms with Gasteiger partial charge in [-0.25, -0.2) is 24.3 Å². The van der Waals surface area contributed by atoms with Crippen LogP contribution in [0.1, 0.15) is 11.1 Å². The molecular weight excluding hydrogens is 308 g/mol. The summed E-state index contributed by atoms with van der Waals surface area (Å²) >= 11 is 0. The molecule has 0 saturated carbocycles. The first-order valence-electron chi connectivity index (χ1n) is 7.27. The predicted octanol–water partition coefficient (Wildman–Crippen LogP) is 5.55. The summed E-state index contributed by atoms with van der Waals surface area (Å²) in [6.07, 6.45) is 1.02. The standard InChI is InChI=1S/C16H13.C5H5.Fe/c1-2-7-13(6-1)12-15-10-5-9-14-8-3-4-11-16(14)15;1-2-4-5-3-1;/h1-11H,12H2;1-5H;/q2*-1;+2. The number of hydrogen-bond acceptors (Lipinski definition) is 0. The summed E-state index contributed by atoms with van der Waals surface area (Å²) < 4.78 is 0. The molecule has 22 heavy (non-hydrogen) atoms. The Hall–Kier alpha value is -2.08. The summed E-state index contributed by atoms with van der Waals surface area (Å²) in [5, 5.41) is 2.69. The zero-order valence-corrected chi connectivity index (χ0v) is 13.4. The fourth-order valence-corrected chi connectivity index (χ4v) is 2.52.